The average Bonchev–Trinajstić information content (AvgIpc) is 2.84. The highest BCUT2D eigenvalue weighted by atomic mass is 32.1. The van der Waals surface area contributed by atoms with E-state index in [2.05, 4.69) is 5.32 Å². The fraction of sp³-hybridized carbons (Fsp3) is 0.545. The van der Waals surface area contributed by atoms with Gasteiger partial charge in [0.25, 0.3) is 5.91 Å². The summed E-state index contributed by atoms with van der Waals surface area (Å²) in [5, 5.41) is 4.79. The first-order valence-corrected chi connectivity index (χ1v) is 6.08. The van der Waals surface area contributed by atoms with E-state index >= 15 is 0 Å². The molecule has 1 atom stereocenters. The minimum absolute atomic E-state index is 0.00912. The van der Waals surface area contributed by atoms with E-state index in [1.54, 1.807) is 11.3 Å². The molecule has 3 nitrogen and oxygen atoms in total. The number of thiophene rings is 1. The molecule has 2 heterocycles. The van der Waals surface area contributed by atoms with E-state index in [1.807, 2.05) is 18.4 Å². The fourth-order valence-corrected chi connectivity index (χ4v) is 2.36. The Balaban J connectivity index is 1.81. The second-order valence-electron chi connectivity index (χ2n) is 3.79. The van der Waals surface area contributed by atoms with Gasteiger partial charge in [0.15, 0.2) is 0 Å². The van der Waals surface area contributed by atoms with Crippen LogP contribution in [0.5, 0.6) is 0 Å². The Kier molecular flexibility index (Phi) is 3.38. The van der Waals surface area contributed by atoms with Gasteiger partial charge in [0.05, 0.1) is 11.7 Å². The van der Waals surface area contributed by atoms with Crippen LogP contribution in [0.2, 0.25) is 0 Å². The van der Waals surface area contributed by atoms with Gasteiger partial charge in [-0.2, -0.15) is 0 Å². The summed E-state index contributed by atoms with van der Waals surface area (Å²) >= 11 is 1.60. The molecule has 15 heavy (non-hydrogen) atoms. The lowest BCUT2D eigenvalue weighted by molar-refractivity contribution is 0.0858. The summed E-state index contributed by atoms with van der Waals surface area (Å²) in [6.07, 6.45) is 2.38. The van der Waals surface area contributed by atoms with Crippen molar-refractivity contribution in [2.75, 3.05) is 13.2 Å². The first-order chi connectivity index (χ1) is 7.25. The van der Waals surface area contributed by atoms with Crippen molar-refractivity contribution in [2.24, 2.45) is 0 Å². The summed E-state index contributed by atoms with van der Waals surface area (Å²) in [6, 6.07) is 1.91. The monoisotopic (exact) mass is 225 g/mol. The second kappa shape index (κ2) is 4.77. The van der Waals surface area contributed by atoms with Gasteiger partial charge in [-0.05, 0) is 25.8 Å². The molecule has 4 heteroatoms. The van der Waals surface area contributed by atoms with E-state index in [1.165, 1.54) is 0 Å². The van der Waals surface area contributed by atoms with Gasteiger partial charge in [0, 0.05) is 23.4 Å². The van der Waals surface area contributed by atoms with Crippen LogP contribution < -0.4 is 5.32 Å². The normalized spacial score (nSPS) is 20.5. The molecule has 0 aromatic carbocycles. The molecular formula is C11H15NO2S. The van der Waals surface area contributed by atoms with Gasteiger partial charge in [0.1, 0.15) is 0 Å². The van der Waals surface area contributed by atoms with Crippen molar-refractivity contribution in [2.45, 2.75) is 25.9 Å². The zero-order valence-electron chi connectivity index (χ0n) is 8.79. The van der Waals surface area contributed by atoms with Crippen molar-refractivity contribution in [3.05, 3.63) is 21.9 Å². The fourth-order valence-electron chi connectivity index (χ4n) is 1.68. The van der Waals surface area contributed by atoms with Crippen LogP contribution in [0, 0.1) is 6.92 Å². The molecule has 0 aliphatic carbocycles. The van der Waals surface area contributed by atoms with Crippen LogP contribution >= 0.6 is 11.3 Å². The highest BCUT2D eigenvalue weighted by Crippen LogP contribution is 2.14. The van der Waals surface area contributed by atoms with Crippen molar-refractivity contribution < 1.29 is 9.53 Å². The summed E-state index contributed by atoms with van der Waals surface area (Å²) < 4.78 is 5.43. The van der Waals surface area contributed by atoms with E-state index in [9.17, 15) is 4.79 Å². The van der Waals surface area contributed by atoms with Crippen LogP contribution in [0.25, 0.3) is 0 Å². The maximum Gasteiger partial charge on any atom is 0.252 e. The summed E-state index contributed by atoms with van der Waals surface area (Å²) in [4.78, 5) is 12.8. The maximum atomic E-state index is 11.7. The number of nitrogens with one attached hydrogen (secondary N) is 1. The first-order valence-electron chi connectivity index (χ1n) is 5.20. The van der Waals surface area contributed by atoms with Crippen molar-refractivity contribution in [1.29, 1.82) is 0 Å². The van der Waals surface area contributed by atoms with Crippen molar-refractivity contribution in [3.63, 3.8) is 0 Å². The molecular weight excluding hydrogens is 210 g/mol. The largest absolute Gasteiger partial charge is 0.376 e. The molecule has 0 spiro atoms. The Bertz CT molecular complexity index is 342. The summed E-state index contributed by atoms with van der Waals surface area (Å²) in [7, 11) is 0. The number of rotatable bonds is 3. The van der Waals surface area contributed by atoms with Gasteiger partial charge in [-0.3, -0.25) is 4.79 Å². The summed E-state index contributed by atoms with van der Waals surface area (Å²) in [5.74, 6) is 0.00912. The molecule has 1 aliphatic rings. The van der Waals surface area contributed by atoms with Gasteiger partial charge in [-0.25, -0.2) is 0 Å². The Morgan fingerprint density at radius 3 is 3.20 bits per heavy atom. The Morgan fingerprint density at radius 1 is 1.73 bits per heavy atom. The van der Waals surface area contributed by atoms with Crippen LogP contribution in [0.15, 0.2) is 11.4 Å². The second-order valence-corrected chi connectivity index (χ2v) is 4.91. The van der Waals surface area contributed by atoms with Gasteiger partial charge < -0.3 is 10.1 Å². The predicted molar refractivity (Wildman–Crippen MR) is 60.4 cm³/mol. The summed E-state index contributed by atoms with van der Waals surface area (Å²) in [6.45, 7) is 3.47. The van der Waals surface area contributed by atoms with Crippen LogP contribution in [0.4, 0.5) is 0 Å². The number of carbonyl (C=O) groups is 1. The summed E-state index contributed by atoms with van der Waals surface area (Å²) in [5.41, 5.74) is 0.760. The molecule has 1 amide bonds. The smallest absolute Gasteiger partial charge is 0.252 e. The minimum Gasteiger partial charge on any atom is -0.376 e. The van der Waals surface area contributed by atoms with Crippen LogP contribution in [0.1, 0.15) is 28.1 Å². The maximum absolute atomic E-state index is 11.7. The van der Waals surface area contributed by atoms with Crippen molar-refractivity contribution >= 4 is 17.2 Å². The van der Waals surface area contributed by atoms with Crippen molar-refractivity contribution in [3.8, 4) is 0 Å². The highest BCUT2D eigenvalue weighted by molar-refractivity contribution is 7.10. The molecule has 1 aromatic rings. The third-order valence-electron chi connectivity index (χ3n) is 2.51. The van der Waals surface area contributed by atoms with Crippen LogP contribution in [0.3, 0.4) is 0 Å². The molecule has 0 radical (unpaired) electrons. The van der Waals surface area contributed by atoms with E-state index in [0.717, 1.165) is 29.9 Å². The number of hydrogen-bond donors (Lipinski definition) is 1. The Hall–Kier alpha value is -0.870. The molecule has 82 valence electrons. The highest BCUT2D eigenvalue weighted by Gasteiger charge is 2.16. The molecule has 0 bridgehead atoms. The third kappa shape index (κ3) is 2.79. The minimum atomic E-state index is 0.00912. The van der Waals surface area contributed by atoms with Crippen molar-refractivity contribution in [1.82, 2.24) is 5.32 Å². The average molecular weight is 225 g/mol. The molecule has 0 saturated carbocycles. The third-order valence-corrected chi connectivity index (χ3v) is 3.37. The van der Waals surface area contributed by atoms with E-state index in [0.29, 0.717) is 6.54 Å². The quantitative estimate of drug-likeness (QED) is 0.854. The van der Waals surface area contributed by atoms with E-state index in [4.69, 9.17) is 4.74 Å². The first kappa shape index (κ1) is 10.6. The molecule has 1 saturated heterocycles. The molecule has 2 rings (SSSR count). The van der Waals surface area contributed by atoms with Crippen LogP contribution in [-0.4, -0.2) is 25.2 Å². The SMILES string of the molecule is Cc1cc(C(=O)NC[C@@H]2CCCO2)cs1. The molecule has 1 fully saturated rings. The lowest BCUT2D eigenvalue weighted by Gasteiger charge is -2.09. The lowest BCUT2D eigenvalue weighted by Crippen LogP contribution is -2.31. The lowest BCUT2D eigenvalue weighted by atomic mass is 10.2. The molecule has 1 aliphatic heterocycles. The Morgan fingerprint density at radius 2 is 2.60 bits per heavy atom. The van der Waals surface area contributed by atoms with E-state index < -0.39 is 0 Å². The number of hydrogen-bond acceptors (Lipinski definition) is 3. The topological polar surface area (TPSA) is 38.3 Å². The Labute approximate surface area is 93.4 Å². The molecule has 0 unspecified atom stereocenters. The number of aryl methyl sites for hydroxylation is 1. The van der Waals surface area contributed by atoms with Gasteiger partial charge in [-0.1, -0.05) is 0 Å². The van der Waals surface area contributed by atoms with Crippen LogP contribution in [-0.2, 0) is 4.74 Å². The predicted octanol–water partition coefficient (Wildman–Crippen LogP) is 1.97. The zero-order chi connectivity index (χ0) is 10.7. The van der Waals surface area contributed by atoms with Gasteiger partial charge >= 0.3 is 0 Å². The van der Waals surface area contributed by atoms with Gasteiger partial charge in [0.2, 0.25) is 0 Å². The zero-order valence-corrected chi connectivity index (χ0v) is 9.60. The molecule has 1 aromatic heterocycles. The number of ether oxygens (including phenoxy) is 1. The molecule has 1 N–H and O–H groups in total. The van der Waals surface area contributed by atoms with Gasteiger partial charge in [-0.15, -0.1) is 11.3 Å². The van der Waals surface area contributed by atoms with E-state index in [-0.39, 0.29) is 12.0 Å². The number of carbonyl (C=O) groups excluding carboxylic acids is 1. The standard InChI is InChI=1S/C11H15NO2S/c1-8-5-9(7-15-8)11(13)12-6-10-3-2-4-14-10/h5,7,10H,2-4,6H2,1H3,(H,12,13)/t10-/m0/s1. The number of amides is 1.